The molecule has 40 heavy (non-hydrogen) atoms. The Hall–Kier alpha value is -4.21. The van der Waals surface area contributed by atoms with Crippen LogP contribution < -0.4 is 15.8 Å². The molecular weight excluding hydrogens is 588 g/mol. The number of anilines is 2. The van der Waals surface area contributed by atoms with Crippen LogP contribution >= 0.6 is 27.3 Å². The number of nitrogens with zero attached hydrogens (tertiary/aromatic N) is 3. The van der Waals surface area contributed by atoms with E-state index in [2.05, 4.69) is 31.1 Å². The lowest BCUT2D eigenvalue weighted by Gasteiger charge is -2.36. The van der Waals surface area contributed by atoms with Gasteiger partial charge in [0.1, 0.15) is 11.1 Å². The molecular formula is C31H25BrN4O3S. The molecule has 0 radical (unpaired) electrons. The molecule has 1 aliphatic heterocycles. The highest BCUT2D eigenvalue weighted by Gasteiger charge is 2.25. The SMILES string of the molecule is O=C(Nc1cc(Br)ccc1N1CCN(C(=O)c2cccs2)CC1)c1cc2ccccc2oc1=Nc1ccccc1. The second kappa shape index (κ2) is 11.5. The lowest BCUT2D eigenvalue weighted by molar-refractivity contribution is 0.0751. The van der Waals surface area contributed by atoms with Crippen LogP contribution in [0.15, 0.2) is 110 Å². The molecule has 1 fully saturated rings. The second-order valence-electron chi connectivity index (χ2n) is 9.32. The maximum Gasteiger partial charge on any atom is 0.264 e. The van der Waals surface area contributed by atoms with Crippen molar-refractivity contribution in [3.8, 4) is 0 Å². The number of para-hydroxylation sites is 2. The number of piperazine rings is 1. The molecule has 2 amide bonds. The van der Waals surface area contributed by atoms with Gasteiger partial charge in [0, 0.05) is 36.0 Å². The van der Waals surface area contributed by atoms with Crippen LogP contribution in [-0.4, -0.2) is 42.9 Å². The standard InChI is InChI=1S/C31H25BrN4O3S/c32-22-12-13-26(35-14-16-36(17-15-35)31(38)28-11-6-18-40-28)25(20-22)34-29(37)24-19-21-7-4-5-10-27(21)39-30(24)33-23-8-2-1-3-9-23/h1-13,18-20H,14-17H2,(H,34,37). The number of rotatable bonds is 5. The van der Waals surface area contributed by atoms with Crippen molar-refractivity contribution in [3.63, 3.8) is 0 Å². The van der Waals surface area contributed by atoms with E-state index in [-0.39, 0.29) is 17.4 Å². The Balaban J connectivity index is 1.29. The van der Waals surface area contributed by atoms with Gasteiger partial charge in [-0.05, 0) is 53.9 Å². The normalized spacial score (nSPS) is 14.0. The van der Waals surface area contributed by atoms with Crippen LogP contribution in [0.1, 0.15) is 20.0 Å². The van der Waals surface area contributed by atoms with Gasteiger partial charge in [-0.1, -0.05) is 58.4 Å². The summed E-state index contributed by atoms with van der Waals surface area (Å²) in [5.74, 6) is -0.260. The first-order valence-electron chi connectivity index (χ1n) is 12.9. The van der Waals surface area contributed by atoms with Crippen LogP contribution in [0.3, 0.4) is 0 Å². The zero-order valence-electron chi connectivity index (χ0n) is 21.4. The van der Waals surface area contributed by atoms with Crippen LogP contribution in [0.25, 0.3) is 11.0 Å². The Morgan fingerprint density at radius 1 is 0.875 bits per heavy atom. The zero-order valence-corrected chi connectivity index (χ0v) is 23.8. The number of benzene rings is 3. The van der Waals surface area contributed by atoms with Crippen molar-refractivity contribution < 1.29 is 14.0 Å². The van der Waals surface area contributed by atoms with Crippen LogP contribution in [0.2, 0.25) is 0 Å². The maximum atomic E-state index is 13.8. The first-order valence-corrected chi connectivity index (χ1v) is 14.5. The molecule has 200 valence electrons. The predicted octanol–water partition coefficient (Wildman–Crippen LogP) is 6.70. The van der Waals surface area contributed by atoms with E-state index in [0.717, 1.165) is 20.4 Å². The number of fused-ring (bicyclic) bond motifs is 1. The molecule has 9 heteroatoms. The summed E-state index contributed by atoms with van der Waals surface area (Å²) in [4.78, 5) is 36.1. The molecule has 6 rings (SSSR count). The number of hydrogen-bond acceptors (Lipinski definition) is 6. The van der Waals surface area contributed by atoms with E-state index in [1.54, 1.807) is 0 Å². The van der Waals surface area contributed by atoms with E-state index in [9.17, 15) is 9.59 Å². The van der Waals surface area contributed by atoms with E-state index in [1.165, 1.54) is 11.3 Å². The highest BCUT2D eigenvalue weighted by atomic mass is 79.9. The molecule has 0 atom stereocenters. The predicted molar refractivity (Wildman–Crippen MR) is 162 cm³/mol. The summed E-state index contributed by atoms with van der Waals surface area (Å²) >= 11 is 5.01. The Morgan fingerprint density at radius 3 is 2.42 bits per heavy atom. The minimum Gasteiger partial charge on any atom is -0.438 e. The van der Waals surface area contributed by atoms with Crippen molar-refractivity contribution in [2.24, 2.45) is 4.99 Å². The Labute approximate surface area is 243 Å². The minimum atomic E-state index is -0.324. The second-order valence-corrected chi connectivity index (χ2v) is 11.2. The van der Waals surface area contributed by atoms with Gasteiger partial charge in [-0.25, -0.2) is 4.99 Å². The number of nitrogens with one attached hydrogen (secondary N) is 1. The zero-order chi connectivity index (χ0) is 27.5. The van der Waals surface area contributed by atoms with Crippen LogP contribution in [-0.2, 0) is 0 Å². The van der Waals surface area contributed by atoms with E-state index < -0.39 is 0 Å². The summed E-state index contributed by atoms with van der Waals surface area (Å²) in [5, 5.41) is 5.83. The highest BCUT2D eigenvalue weighted by molar-refractivity contribution is 9.10. The van der Waals surface area contributed by atoms with Gasteiger partial charge < -0.3 is 19.5 Å². The van der Waals surface area contributed by atoms with E-state index >= 15 is 0 Å². The average Bonchev–Trinajstić information content (AvgIpc) is 3.52. The van der Waals surface area contributed by atoms with Gasteiger partial charge in [-0.15, -0.1) is 11.3 Å². The highest BCUT2D eigenvalue weighted by Crippen LogP contribution is 2.31. The van der Waals surface area contributed by atoms with E-state index in [1.807, 2.05) is 101 Å². The largest absolute Gasteiger partial charge is 0.438 e. The Morgan fingerprint density at radius 2 is 1.65 bits per heavy atom. The first-order chi connectivity index (χ1) is 19.5. The van der Waals surface area contributed by atoms with Gasteiger partial charge in [0.05, 0.1) is 21.9 Å². The van der Waals surface area contributed by atoms with Crippen molar-refractivity contribution in [2.45, 2.75) is 0 Å². The van der Waals surface area contributed by atoms with Crippen molar-refractivity contribution in [2.75, 3.05) is 36.4 Å². The smallest absolute Gasteiger partial charge is 0.264 e. The lowest BCUT2D eigenvalue weighted by Crippen LogP contribution is -2.48. The molecule has 0 saturated carbocycles. The quantitative estimate of drug-likeness (QED) is 0.239. The fourth-order valence-electron chi connectivity index (χ4n) is 4.71. The Kier molecular flexibility index (Phi) is 7.48. The molecule has 3 aromatic carbocycles. The molecule has 2 aromatic heterocycles. The van der Waals surface area contributed by atoms with Gasteiger partial charge in [-0.3, -0.25) is 9.59 Å². The third kappa shape index (κ3) is 5.57. The molecule has 0 spiro atoms. The van der Waals surface area contributed by atoms with Crippen molar-refractivity contribution in [1.82, 2.24) is 4.90 Å². The summed E-state index contributed by atoms with van der Waals surface area (Å²) < 4.78 is 6.95. The summed E-state index contributed by atoms with van der Waals surface area (Å²) in [6, 6.07) is 28.4. The third-order valence-electron chi connectivity index (χ3n) is 6.73. The number of carbonyl (C=O) groups excluding carboxylic acids is 2. The van der Waals surface area contributed by atoms with Crippen molar-refractivity contribution in [1.29, 1.82) is 0 Å². The van der Waals surface area contributed by atoms with Crippen molar-refractivity contribution >= 4 is 67.1 Å². The average molecular weight is 614 g/mol. The number of carbonyl (C=O) groups is 2. The third-order valence-corrected chi connectivity index (χ3v) is 8.08. The fourth-order valence-corrected chi connectivity index (χ4v) is 5.77. The summed E-state index contributed by atoms with van der Waals surface area (Å²) in [5.41, 5.74) is 3.45. The lowest BCUT2D eigenvalue weighted by atomic mass is 10.1. The maximum absolute atomic E-state index is 13.8. The fraction of sp³-hybridized carbons (Fsp3) is 0.129. The Bertz CT molecular complexity index is 1740. The number of amides is 2. The molecule has 1 saturated heterocycles. The van der Waals surface area contributed by atoms with Crippen LogP contribution in [0.4, 0.5) is 17.1 Å². The number of hydrogen-bond donors (Lipinski definition) is 1. The number of halogens is 1. The summed E-state index contributed by atoms with van der Waals surface area (Å²) in [6.07, 6.45) is 0. The van der Waals surface area contributed by atoms with Gasteiger partial charge in [-0.2, -0.15) is 0 Å². The molecule has 7 nitrogen and oxygen atoms in total. The van der Waals surface area contributed by atoms with Gasteiger partial charge in [0.25, 0.3) is 11.8 Å². The first kappa shape index (κ1) is 26.0. The number of thiophene rings is 1. The monoisotopic (exact) mass is 612 g/mol. The van der Waals surface area contributed by atoms with Gasteiger partial charge in [0.2, 0.25) is 5.55 Å². The molecule has 0 bridgehead atoms. The topological polar surface area (TPSA) is 78.2 Å². The van der Waals surface area contributed by atoms with E-state index in [0.29, 0.717) is 48.7 Å². The molecule has 1 aliphatic rings. The van der Waals surface area contributed by atoms with Crippen LogP contribution in [0.5, 0.6) is 0 Å². The molecule has 3 heterocycles. The molecule has 1 N–H and O–H groups in total. The molecule has 5 aromatic rings. The van der Waals surface area contributed by atoms with Gasteiger partial charge in [0.15, 0.2) is 0 Å². The van der Waals surface area contributed by atoms with E-state index in [4.69, 9.17) is 4.42 Å². The minimum absolute atomic E-state index is 0.0636. The van der Waals surface area contributed by atoms with Crippen molar-refractivity contribution in [3.05, 3.63) is 117 Å². The van der Waals surface area contributed by atoms with Gasteiger partial charge >= 0.3 is 0 Å². The summed E-state index contributed by atoms with van der Waals surface area (Å²) in [7, 11) is 0. The molecule has 0 unspecified atom stereocenters. The van der Waals surface area contributed by atoms with Crippen LogP contribution in [0, 0.1) is 0 Å². The molecule has 0 aliphatic carbocycles. The summed E-state index contributed by atoms with van der Waals surface area (Å²) in [6.45, 7) is 2.51.